The zero-order chi connectivity index (χ0) is 71.8. The van der Waals surface area contributed by atoms with E-state index in [1.807, 2.05) is 0 Å². The van der Waals surface area contributed by atoms with Crippen molar-refractivity contribution in [3.05, 3.63) is 375 Å². The molecule has 12 aromatic carbocycles. The highest BCUT2D eigenvalue weighted by Crippen LogP contribution is 2.44. The molecule has 0 spiro atoms. The lowest BCUT2D eigenvalue weighted by atomic mass is 9.93. The highest BCUT2D eigenvalue weighted by Gasteiger charge is 2.21. The number of anilines is 12. The summed E-state index contributed by atoms with van der Waals surface area (Å²) >= 11 is 0. The Morgan fingerprint density at radius 2 is 0.349 bits per heavy atom. The lowest BCUT2D eigenvalue weighted by Gasteiger charge is -2.30. The van der Waals surface area contributed by atoms with Crippen LogP contribution in [-0.2, 0) is 0 Å². The molecule has 0 atom stereocenters. The van der Waals surface area contributed by atoms with Crippen LogP contribution in [0.25, 0.3) is 54.7 Å². The number of hydrogen-bond acceptors (Lipinski definition) is 4. The first-order valence-electron chi connectivity index (χ1n) is 38.6. The Labute approximate surface area is 630 Å². The van der Waals surface area contributed by atoms with Crippen molar-refractivity contribution in [3.8, 4) is 0 Å². The van der Waals surface area contributed by atoms with Crippen LogP contribution >= 0.6 is 0 Å². The maximum atomic E-state index is 2.40. The van der Waals surface area contributed by atoms with Crippen molar-refractivity contribution < 1.29 is 0 Å². The van der Waals surface area contributed by atoms with Crippen LogP contribution < -0.4 is 19.6 Å². The van der Waals surface area contributed by atoms with E-state index in [9.17, 15) is 0 Å². The van der Waals surface area contributed by atoms with Gasteiger partial charge >= 0.3 is 0 Å². The van der Waals surface area contributed by atoms with Gasteiger partial charge in [0.15, 0.2) is 0 Å². The van der Waals surface area contributed by atoms with E-state index in [4.69, 9.17) is 0 Å². The average Bonchev–Trinajstić information content (AvgIpc) is 0.781. The summed E-state index contributed by atoms with van der Waals surface area (Å²) in [6.07, 6.45) is 39.9. The molecule has 524 valence electrons. The van der Waals surface area contributed by atoms with Crippen LogP contribution in [0.4, 0.5) is 68.2 Å². The number of rotatable bonds is 21. The van der Waals surface area contributed by atoms with Crippen molar-refractivity contribution in [2.45, 2.75) is 117 Å². The monoisotopic (exact) mass is 1380 g/mol. The average molecular weight is 1380 g/mol. The summed E-state index contributed by atoms with van der Waals surface area (Å²) in [5.41, 5.74) is 32.1. The first-order valence-corrected chi connectivity index (χ1v) is 38.6. The van der Waals surface area contributed by atoms with E-state index in [1.165, 1.54) is 146 Å². The van der Waals surface area contributed by atoms with E-state index in [0.29, 0.717) is 0 Å². The van der Waals surface area contributed by atoms with Gasteiger partial charge < -0.3 is 19.6 Å². The molecule has 0 radical (unpaired) electrons. The first-order chi connectivity index (χ1) is 52.2. The zero-order valence-electron chi connectivity index (χ0n) is 61.8. The van der Waals surface area contributed by atoms with Gasteiger partial charge in [0.2, 0.25) is 0 Å². The normalized spacial score (nSPS) is 14.0. The molecule has 0 aromatic heterocycles. The summed E-state index contributed by atoms with van der Waals surface area (Å²) in [5, 5.41) is 0. The molecular formula is C102H96N4. The number of aryl methyl sites for hydroxylation is 3. The number of benzene rings is 12. The summed E-state index contributed by atoms with van der Waals surface area (Å²) in [6.45, 7) is 6.51. The lowest BCUT2D eigenvalue weighted by Crippen LogP contribution is -2.14. The van der Waals surface area contributed by atoms with Gasteiger partial charge in [0, 0.05) is 68.2 Å². The third-order valence-corrected chi connectivity index (χ3v) is 21.1. The van der Waals surface area contributed by atoms with Gasteiger partial charge in [-0.1, -0.05) is 236 Å². The Morgan fingerprint density at radius 3 is 0.547 bits per heavy atom. The van der Waals surface area contributed by atoms with E-state index < -0.39 is 0 Å². The Morgan fingerprint density at radius 1 is 0.179 bits per heavy atom. The Bertz CT molecular complexity index is 4570. The van der Waals surface area contributed by atoms with Crippen LogP contribution in [0, 0.1) is 20.8 Å². The van der Waals surface area contributed by atoms with Gasteiger partial charge in [0.1, 0.15) is 0 Å². The third-order valence-electron chi connectivity index (χ3n) is 21.1. The molecule has 12 aromatic rings. The van der Waals surface area contributed by atoms with Gasteiger partial charge in [-0.15, -0.1) is 0 Å². The largest absolute Gasteiger partial charge is 0.310 e. The fourth-order valence-corrected chi connectivity index (χ4v) is 15.4. The van der Waals surface area contributed by atoms with Gasteiger partial charge in [0.05, 0.1) is 0 Å². The van der Waals surface area contributed by atoms with Gasteiger partial charge in [-0.05, 0) is 310 Å². The topological polar surface area (TPSA) is 13.0 Å². The molecular weight excluding hydrogens is 1280 g/mol. The van der Waals surface area contributed by atoms with Crippen molar-refractivity contribution in [1.29, 1.82) is 0 Å². The summed E-state index contributed by atoms with van der Waals surface area (Å²) in [7, 11) is 0. The van der Waals surface area contributed by atoms with Gasteiger partial charge in [-0.3, -0.25) is 0 Å². The van der Waals surface area contributed by atoms with Crippen LogP contribution in [0.1, 0.15) is 163 Å². The molecule has 0 bridgehead atoms. The minimum atomic E-state index is 1.03. The molecule has 4 nitrogen and oxygen atoms in total. The maximum Gasteiger partial charge on any atom is 0.0464 e. The van der Waals surface area contributed by atoms with E-state index in [-0.39, 0.29) is 0 Å². The lowest BCUT2D eigenvalue weighted by molar-refractivity contribution is 0.602. The van der Waals surface area contributed by atoms with Crippen LogP contribution in [0.15, 0.2) is 308 Å². The number of nitrogens with zero attached hydrogens (tertiary/aromatic N) is 4. The SMILES string of the molecule is Cc1cccc(N(c2ccc(C=Cc3ccc(C=C4CCCCC4)cc3)cc2)c2ccc(N(c3ccc(N(c4ccc(C=Cc5ccc(C=C6CCCCC6)cc5)cc4)c4cccc(C)c4)cc3)c3ccc(N(c4ccc(C=Cc5ccc(C=C6CCCCC6)cc5)cc4)c4cccc(C)c4)cc3)cc2)c1. The standard InChI is InChI=1S/C102H96N4/c1-76-16-13-25-100(70-76)104(91-52-46-82(47-53-91)31-28-79-34-40-88(41-35-79)73-85-19-7-4-8-20-85)97-64-58-94(59-65-97)103(95-60-66-98(67-61-95)105(101-26-14-17-77(2)71-101)92-54-48-83(49-55-92)32-29-80-36-42-89(43-37-80)74-86-21-9-5-10-22-86)96-62-68-99(69-63-96)106(102-27-15-18-78(3)72-102)93-56-50-84(51-57-93)33-30-81-38-44-90(45-39-81)75-87-23-11-6-12-24-87/h13-18,25-75H,4-12,19-24H2,1-3H3. The Kier molecular flexibility index (Phi) is 22.3. The summed E-state index contributed by atoms with van der Waals surface area (Å²) in [6, 6.07) is 107. The number of allylic oxidation sites excluding steroid dienone is 3. The summed E-state index contributed by atoms with van der Waals surface area (Å²) in [4.78, 5) is 9.49. The van der Waals surface area contributed by atoms with Crippen molar-refractivity contribution >= 4 is 123 Å². The van der Waals surface area contributed by atoms with Gasteiger partial charge in [0.25, 0.3) is 0 Å². The van der Waals surface area contributed by atoms with E-state index in [2.05, 4.69) is 386 Å². The summed E-state index contributed by atoms with van der Waals surface area (Å²) in [5.74, 6) is 0. The number of hydrogen-bond donors (Lipinski definition) is 0. The van der Waals surface area contributed by atoms with E-state index in [0.717, 1.165) is 84.9 Å². The molecule has 0 heterocycles. The molecule has 106 heavy (non-hydrogen) atoms. The first kappa shape index (κ1) is 70.0. The molecule has 15 rings (SSSR count). The van der Waals surface area contributed by atoms with Gasteiger partial charge in [-0.25, -0.2) is 0 Å². The molecule has 0 aliphatic heterocycles. The van der Waals surface area contributed by atoms with Crippen molar-refractivity contribution in [2.75, 3.05) is 19.6 Å². The molecule has 3 aliphatic carbocycles. The zero-order valence-corrected chi connectivity index (χ0v) is 61.8. The Hall–Kier alpha value is -11.7. The summed E-state index contributed by atoms with van der Waals surface area (Å²) < 4.78 is 0. The van der Waals surface area contributed by atoms with Crippen molar-refractivity contribution in [2.24, 2.45) is 0 Å². The maximum absolute atomic E-state index is 2.40. The quantitative estimate of drug-likeness (QED) is 0.0665. The van der Waals surface area contributed by atoms with Crippen LogP contribution in [-0.4, -0.2) is 0 Å². The molecule has 4 heteroatoms. The predicted molar refractivity (Wildman–Crippen MR) is 459 cm³/mol. The van der Waals surface area contributed by atoms with Gasteiger partial charge in [-0.2, -0.15) is 0 Å². The molecule has 3 fully saturated rings. The molecule has 0 amide bonds. The smallest absolute Gasteiger partial charge is 0.0464 e. The minimum absolute atomic E-state index is 1.03. The fourth-order valence-electron chi connectivity index (χ4n) is 15.4. The van der Waals surface area contributed by atoms with Crippen molar-refractivity contribution in [3.63, 3.8) is 0 Å². The molecule has 3 saturated carbocycles. The second-order valence-corrected chi connectivity index (χ2v) is 29.3. The fraction of sp³-hybridized carbons (Fsp3) is 0.176. The highest BCUT2D eigenvalue weighted by atomic mass is 15.2. The second-order valence-electron chi connectivity index (χ2n) is 29.3. The second kappa shape index (κ2) is 33.8. The van der Waals surface area contributed by atoms with Crippen molar-refractivity contribution in [1.82, 2.24) is 0 Å². The van der Waals surface area contributed by atoms with Crippen LogP contribution in [0.5, 0.6) is 0 Å². The predicted octanol–water partition coefficient (Wildman–Crippen LogP) is 30.0. The molecule has 3 aliphatic rings. The molecule has 0 unspecified atom stereocenters. The molecule has 0 saturated heterocycles. The van der Waals surface area contributed by atoms with E-state index >= 15 is 0 Å². The minimum Gasteiger partial charge on any atom is -0.310 e. The van der Waals surface area contributed by atoms with Crippen LogP contribution in [0.3, 0.4) is 0 Å². The third kappa shape index (κ3) is 17.9. The van der Waals surface area contributed by atoms with E-state index in [1.54, 1.807) is 16.7 Å². The Balaban J connectivity index is 0.741. The highest BCUT2D eigenvalue weighted by molar-refractivity contribution is 5.87. The van der Waals surface area contributed by atoms with Crippen LogP contribution in [0.2, 0.25) is 0 Å². The molecule has 0 N–H and O–H groups in total.